The summed E-state index contributed by atoms with van der Waals surface area (Å²) in [6.45, 7) is 1.79. The molecule has 2 rings (SSSR count). The van der Waals surface area contributed by atoms with Gasteiger partial charge >= 0.3 is 6.18 Å². The number of halogens is 3. The molecule has 0 unspecified atom stereocenters. The van der Waals surface area contributed by atoms with Crippen molar-refractivity contribution in [1.29, 1.82) is 0 Å². The van der Waals surface area contributed by atoms with Crippen LogP contribution in [-0.4, -0.2) is 4.57 Å². The predicted octanol–water partition coefficient (Wildman–Crippen LogP) is 3.49. The summed E-state index contributed by atoms with van der Waals surface area (Å²) in [5, 5.41) is 0. The quantitative estimate of drug-likeness (QED) is 0.697. The molecule has 1 nitrogen and oxygen atoms in total. The van der Waals surface area contributed by atoms with Gasteiger partial charge in [-0.15, -0.1) is 0 Å². The van der Waals surface area contributed by atoms with Crippen molar-refractivity contribution in [2.24, 2.45) is 7.05 Å². The van der Waals surface area contributed by atoms with Gasteiger partial charge in [-0.05, 0) is 37.7 Å². The zero-order valence-electron chi connectivity index (χ0n) is 9.62. The second-order valence-electron chi connectivity index (χ2n) is 4.36. The van der Waals surface area contributed by atoms with Crippen LogP contribution in [0.1, 0.15) is 42.3 Å². The average molecular weight is 231 g/mol. The molecule has 4 heteroatoms. The van der Waals surface area contributed by atoms with Crippen LogP contribution in [0.3, 0.4) is 0 Å². The summed E-state index contributed by atoms with van der Waals surface area (Å²) >= 11 is 0. The molecule has 1 aromatic rings. The maximum Gasteiger partial charge on any atom is 0.418 e. The van der Waals surface area contributed by atoms with Crippen molar-refractivity contribution in [3.05, 3.63) is 22.5 Å². The van der Waals surface area contributed by atoms with Gasteiger partial charge in [-0.3, -0.25) is 0 Å². The van der Waals surface area contributed by atoms with E-state index >= 15 is 0 Å². The van der Waals surface area contributed by atoms with Crippen molar-refractivity contribution in [1.82, 2.24) is 4.57 Å². The maximum absolute atomic E-state index is 13.0. The Hall–Kier alpha value is -0.930. The summed E-state index contributed by atoms with van der Waals surface area (Å²) in [5.41, 5.74) is 1.54. The topological polar surface area (TPSA) is 4.93 Å². The van der Waals surface area contributed by atoms with E-state index in [0.717, 1.165) is 25.0 Å². The Balaban J connectivity index is 2.65. The SMILES string of the molecule is CCc1c(C(F)(F)F)c2c(n1C)CCCC2. The zero-order chi connectivity index (χ0) is 11.9. The molecule has 16 heavy (non-hydrogen) atoms. The Morgan fingerprint density at radius 3 is 2.38 bits per heavy atom. The molecular weight excluding hydrogens is 215 g/mol. The molecule has 0 atom stereocenters. The Morgan fingerprint density at radius 2 is 1.81 bits per heavy atom. The molecule has 0 fully saturated rings. The molecule has 0 bridgehead atoms. The van der Waals surface area contributed by atoms with Gasteiger partial charge in [0.15, 0.2) is 0 Å². The van der Waals surface area contributed by atoms with Crippen molar-refractivity contribution in [2.75, 3.05) is 0 Å². The summed E-state index contributed by atoms with van der Waals surface area (Å²) in [6, 6.07) is 0. The number of aromatic nitrogens is 1. The van der Waals surface area contributed by atoms with Gasteiger partial charge in [0.1, 0.15) is 0 Å². The summed E-state index contributed by atoms with van der Waals surface area (Å²) in [6.07, 6.45) is -0.506. The molecule has 1 aliphatic carbocycles. The minimum Gasteiger partial charge on any atom is -0.351 e. The van der Waals surface area contributed by atoms with Crippen LogP contribution in [0.25, 0.3) is 0 Å². The lowest BCUT2D eigenvalue weighted by Crippen LogP contribution is -2.11. The van der Waals surface area contributed by atoms with E-state index in [1.54, 1.807) is 18.5 Å². The molecule has 0 aliphatic heterocycles. The van der Waals surface area contributed by atoms with E-state index in [4.69, 9.17) is 0 Å². The van der Waals surface area contributed by atoms with Gasteiger partial charge < -0.3 is 4.57 Å². The molecule has 1 aromatic heterocycles. The van der Waals surface area contributed by atoms with Crippen molar-refractivity contribution in [3.8, 4) is 0 Å². The number of rotatable bonds is 1. The van der Waals surface area contributed by atoms with Crippen LogP contribution in [0.2, 0.25) is 0 Å². The van der Waals surface area contributed by atoms with E-state index in [-0.39, 0.29) is 5.56 Å². The highest BCUT2D eigenvalue weighted by Crippen LogP contribution is 2.40. The largest absolute Gasteiger partial charge is 0.418 e. The monoisotopic (exact) mass is 231 g/mol. The fraction of sp³-hybridized carbons (Fsp3) is 0.667. The van der Waals surface area contributed by atoms with Crippen molar-refractivity contribution < 1.29 is 13.2 Å². The van der Waals surface area contributed by atoms with Gasteiger partial charge in [0.2, 0.25) is 0 Å². The Bertz CT molecular complexity index is 401. The van der Waals surface area contributed by atoms with Crippen LogP contribution < -0.4 is 0 Å². The maximum atomic E-state index is 13.0. The van der Waals surface area contributed by atoms with Crippen LogP contribution in [0.4, 0.5) is 13.2 Å². The van der Waals surface area contributed by atoms with E-state index in [1.165, 1.54) is 0 Å². The van der Waals surface area contributed by atoms with Crippen LogP contribution in [0.5, 0.6) is 0 Å². The third-order valence-corrected chi connectivity index (χ3v) is 3.46. The average Bonchev–Trinajstić information content (AvgIpc) is 2.51. The van der Waals surface area contributed by atoms with Gasteiger partial charge in [-0.1, -0.05) is 6.92 Å². The van der Waals surface area contributed by atoms with Gasteiger partial charge in [0, 0.05) is 18.4 Å². The van der Waals surface area contributed by atoms with Crippen LogP contribution >= 0.6 is 0 Å². The van der Waals surface area contributed by atoms with Crippen molar-refractivity contribution >= 4 is 0 Å². The second kappa shape index (κ2) is 3.82. The smallest absolute Gasteiger partial charge is 0.351 e. The second-order valence-corrected chi connectivity index (χ2v) is 4.36. The Kier molecular flexibility index (Phi) is 2.76. The minimum absolute atomic E-state index is 0.354. The van der Waals surface area contributed by atoms with Gasteiger partial charge in [-0.2, -0.15) is 13.2 Å². The molecule has 0 N–H and O–H groups in total. The highest BCUT2D eigenvalue weighted by molar-refractivity contribution is 5.42. The lowest BCUT2D eigenvalue weighted by atomic mass is 9.94. The first-order valence-electron chi connectivity index (χ1n) is 5.73. The number of alkyl halides is 3. The standard InChI is InChI=1S/C12H16F3N/c1-3-9-11(12(13,14)15)8-6-4-5-7-10(8)16(9)2/h3-7H2,1-2H3. The van der Waals surface area contributed by atoms with Crippen LogP contribution in [0, 0.1) is 0 Å². The fourth-order valence-corrected chi connectivity index (χ4v) is 2.78. The number of nitrogens with zero attached hydrogens (tertiary/aromatic N) is 1. The zero-order valence-corrected chi connectivity index (χ0v) is 9.62. The van der Waals surface area contributed by atoms with Crippen LogP contribution in [-0.2, 0) is 32.5 Å². The molecule has 0 saturated carbocycles. The van der Waals surface area contributed by atoms with E-state index in [9.17, 15) is 13.2 Å². The minimum atomic E-state index is -4.20. The number of fused-ring (bicyclic) bond motifs is 1. The first-order valence-corrected chi connectivity index (χ1v) is 5.73. The Labute approximate surface area is 93.3 Å². The van der Waals surface area contributed by atoms with Crippen molar-refractivity contribution in [2.45, 2.75) is 45.2 Å². The van der Waals surface area contributed by atoms with Gasteiger partial charge in [0.25, 0.3) is 0 Å². The van der Waals surface area contributed by atoms with E-state index in [1.807, 2.05) is 0 Å². The van der Waals surface area contributed by atoms with E-state index in [0.29, 0.717) is 24.1 Å². The first-order chi connectivity index (χ1) is 7.46. The fourth-order valence-electron chi connectivity index (χ4n) is 2.78. The Morgan fingerprint density at radius 1 is 1.19 bits per heavy atom. The molecular formula is C12H16F3N. The van der Waals surface area contributed by atoms with Crippen molar-refractivity contribution in [3.63, 3.8) is 0 Å². The lowest BCUT2D eigenvalue weighted by Gasteiger charge is -2.15. The highest BCUT2D eigenvalue weighted by atomic mass is 19.4. The van der Waals surface area contributed by atoms with Gasteiger partial charge in [-0.25, -0.2) is 0 Å². The van der Waals surface area contributed by atoms with Crippen LogP contribution in [0.15, 0.2) is 0 Å². The summed E-state index contributed by atoms with van der Waals surface area (Å²) in [4.78, 5) is 0. The summed E-state index contributed by atoms with van der Waals surface area (Å²) < 4.78 is 40.8. The lowest BCUT2D eigenvalue weighted by molar-refractivity contribution is -0.138. The predicted molar refractivity (Wildman–Crippen MR) is 56.4 cm³/mol. The van der Waals surface area contributed by atoms with Gasteiger partial charge in [0.05, 0.1) is 5.56 Å². The molecule has 1 heterocycles. The molecule has 90 valence electrons. The normalized spacial score (nSPS) is 16.3. The molecule has 0 saturated heterocycles. The summed E-state index contributed by atoms with van der Waals surface area (Å²) in [5.74, 6) is 0. The molecule has 0 amide bonds. The highest BCUT2D eigenvalue weighted by Gasteiger charge is 2.39. The number of hydrogen-bond acceptors (Lipinski definition) is 0. The molecule has 0 radical (unpaired) electrons. The molecule has 1 aliphatic rings. The summed E-state index contributed by atoms with van der Waals surface area (Å²) in [7, 11) is 1.76. The molecule has 0 aromatic carbocycles. The molecule has 0 spiro atoms. The third kappa shape index (κ3) is 1.64. The first kappa shape index (κ1) is 11.6. The van der Waals surface area contributed by atoms with E-state index < -0.39 is 6.18 Å². The third-order valence-electron chi connectivity index (χ3n) is 3.46. The van der Waals surface area contributed by atoms with E-state index in [2.05, 4.69) is 0 Å². The number of hydrogen-bond donors (Lipinski definition) is 0.